The monoisotopic (exact) mass is 459 g/mol. The number of carbonyl (C=O) groups excluding carboxylic acids is 1. The molecule has 3 aromatic rings. The number of nitrogen functional groups attached to an aromatic ring is 1. The molecule has 0 spiro atoms. The van der Waals surface area contributed by atoms with Crippen molar-refractivity contribution in [1.29, 1.82) is 0 Å². The standard InChI is InChI=1S/C20H22FN7O3S/c1-12(13-7-8-16(30-2)17(9-13)31-3)24-25-19-26-27-20(28(19)22)32-11-18(29)23-15-6-4-5-14(21)10-15/h4-10H,11,22H2,1-3H3,(H,23,29)(H,25,26)/b24-12+. The number of anilines is 2. The molecule has 0 unspecified atom stereocenters. The summed E-state index contributed by atoms with van der Waals surface area (Å²) in [5.74, 6) is 6.62. The Morgan fingerprint density at radius 2 is 1.97 bits per heavy atom. The van der Waals surface area contributed by atoms with E-state index in [1.807, 2.05) is 6.07 Å². The second-order valence-electron chi connectivity index (χ2n) is 6.40. The van der Waals surface area contributed by atoms with Crippen LogP contribution in [0.25, 0.3) is 0 Å². The highest BCUT2D eigenvalue weighted by molar-refractivity contribution is 7.99. The zero-order valence-electron chi connectivity index (χ0n) is 17.6. The summed E-state index contributed by atoms with van der Waals surface area (Å²) in [5.41, 5.74) is 4.58. The van der Waals surface area contributed by atoms with Crippen LogP contribution in [0, 0.1) is 5.82 Å². The molecular weight excluding hydrogens is 437 g/mol. The molecule has 0 bridgehead atoms. The Morgan fingerprint density at radius 3 is 2.69 bits per heavy atom. The van der Waals surface area contributed by atoms with Crippen LogP contribution in [-0.4, -0.2) is 46.5 Å². The Labute approximate surface area is 188 Å². The summed E-state index contributed by atoms with van der Waals surface area (Å²) in [6.07, 6.45) is 0. The lowest BCUT2D eigenvalue weighted by molar-refractivity contribution is -0.113. The van der Waals surface area contributed by atoms with E-state index in [1.165, 1.54) is 22.9 Å². The fourth-order valence-electron chi connectivity index (χ4n) is 2.60. The summed E-state index contributed by atoms with van der Waals surface area (Å²) in [6, 6.07) is 11.1. The highest BCUT2D eigenvalue weighted by Crippen LogP contribution is 2.27. The maximum atomic E-state index is 13.2. The second-order valence-corrected chi connectivity index (χ2v) is 7.34. The van der Waals surface area contributed by atoms with Gasteiger partial charge >= 0.3 is 0 Å². The van der Waals surface area contributed by atoms with Gasteiger partial charge in [0.15, 0.2) is 11.5 Å². The fourth-order valence-corrected chi connectivity index (χ4v) is 3.26. The Hall–Kier alpha value is -3.80. The minimum absolute atomic E-state index is 0.0137. The fraction of sp³-hybridized carbons (Fsp3) is 0.200. The van der Waals surface area contributed by atoms with E-state index in [-0.39, 0.29) is 17.6 Å². The molecule has 3 rings (SSSR count). The van der Waals surface area contributed by atoms with Gasteiger partial charge < -0.3 is 20.6 Å². The number of nitrogens with two attached hydrogens (primary N) is 1. The van der Waals surface area contributed by atoms with Gasteiger partial charge in [0.2, 0.25) is 11.1 Å². The number of halogens is 1. The first-order valence-corrected chi connectivity index (χ1v) is 10.3. The maximum Gasteiger partial charge on any atom is 0.264 e. The number of amides is 1. The smallest absolute Gasteiger partial charge is 0.264 e. The van der Waals surface area contributed by atoms with E-state index in [0.717, 1.165) is 17.3 Å². The molecule has 0 aliphatic heterocycles. The van der Waals surface area contributed by atoms with Crippen molar-refractivity contribution in [2.75, 3.05) is 36.6 Å². The van der Waals surface area contributed by atoms with Crippen LogP contribution in [0.15, 0.2) is 52.7 Å². The zero-order chi connectivity index (χ0) is 23.1. The van der Waals surface area contributed by atoms with E-state index >= 15 is 0 Å². The van der Waals surface area contributed by atoms with Crippen molar-refractivity contribution in [3.05, 3.63) is 53.8 Å². The molecule has 1 heterocycles. The number of ether oxygens (including phenoxy) is 2. The lowest BCUT2D eigenvalue weighted by Crippen LogP contribution is -2.17. The van der Waals surface area contributed by atoms with Crippen LogP contribution in [0.4, 0.5) is 16.0 Å². The van der Waals surface area contributed by atoms with Crippen molar-refractivity contribution in [2.45, 2.75) is 12.1 Å². The Bertz CT molecular complexity index is 1140. The van der Waals surface area contributed by atoms with Crippen molar-refractivity contribution in [3.8, 4) is 11.5 Å². The molecule has 0 fully saturated rings. The number of methoxy groups -OCH3 is 2. The van der Waals surface area contributed by atoms with E-state index < -0.39 is 5.82 Å². The SMILES string of the molecule is COc1ccc(/C(C)=N/Nc2nnc(SCC(=O)Nc3cccc(F)c3)n2N)cc1OC. The molecule has 12 heteroatoms. The molecule has 0 aliphatic rings. The quantitative estimate of drug-likeness (QED) is 0.193. The normalized spacial score (nSPS) is 11.2. The summed E-state index contributed by atoms with van der Waals surface area (Å²) in [5, 5.41) is 15.1. The Kier molecular flexibility index (Phi) is 7.49. The molecule has 0 aliphatic carbocycles. The highest BCUT2D eigenvalue weighted by Gasteiger charge is 2.13. The summed E-state index contributed by atoms with van der Waals surface area (Å²) in [4.78, 5) is 12.1. The molecule has 0 atom stereocenters. The van der Waals surface area contributed by atoms with Crippen LogP contribution in [0.1, 0.15) is 12.5 Å². The van der Waals surface area contributed by atoms with Crippen molar-refractivity contribution in [3.63, 3.8) is 0 Å². The van der Waals surface area contributed by atoms with E-state index in [2.05, 4.69) is 26.0 Å². The average molecular weight is 460 g/mol. The lowest BCUT2D eigenvalue weighted by atomic mass is 10.1. The number of rotatable bonds is 9. The lowest BCUT2D eigenvalue weighted by Gasteiger charge is -2.09. The number of nitrogens with one attached hydrogen (secondary N) is 2. The zero-order valence-corrected chi connectivity index (χ0v) is 18.4. The van der Waals surface area contributed by atoms with Crippen molar-refractivity contribution in [1.82, 2.24) is 14.9 Å². The largest absolute Gasteiger partial charge is 0.493 e. The van der Waals surface area contributed by atoms with E-state index in [1.54, 1.807) is 39.3 Å². The number of nitrogens with zero attached hydrogens (tertiary/aromatic N) is 4. The van der Waals surface area contributed by atoms with Gasteiger partial charge in [-0.1, -0.05) is 17.8 Å². The predicted octanol–water partition coefficient (Wildman–Crippen LogP) is 2.72. The maximum absolute atomic E-state index is 13.2. The van der Waals surface area contributed by atoms with Gasteiger partial charge in [-0.2, -0.15) is 5.10 Å². The van der Waals surface area contributed by atoms with Gasteiger partial charge in [-0.05, 0) is 43.3 Å². The number of hydrogen-bond acceptors (Lipinski definition) is 9. The van der Waals surface area contributed by atoms with Gasteiger partial charge in [0, 0.05) is 11.3 Å². The number of hydrazone groups is 1. The van der Waals surface area contributed by atoms with Crippen LogP contribution in [0.5, 0.6) is 11.5 Å². The topological polar surface area (TPSA) is 129 Å². The molecule has 4 N–H and O–H groups in total. The van der Waals surface area contributed by atoms with Crippen LogP contribution >= 0.6 is 11.8 Å². The first-order valence-electron chi connectivity index (χ1n) is 9.32. The van der Waals surface area contributed by atoms with Crippen LogP contribution in [0.2, 0.25) is 0 Å². The predicted molar refractivity (Wildman–Crippen MR) is 121 cm³/mol. The summed E-state index contributed by atoms with van der Waals surface area (Å²) < 4.78 is 24.9. The van der Waals surface area contributed by atoms with Gasteiger partial charge in [0.1, 0.15) is 5.82 Å². The number of thioether (sulfide) groups is 1. The molecule has 168 valence electrons. The highest BCUT2D eigenvalue weighted by atomic mass is 32.2. The summed E-state index contributed by atoms with van der Waals surface area (Å²) >= 11 is 1.08. The molecule has 0 saturated heterocycles. The minimum Gasteiger partial charge on any atom is -0.493 e. The molecule has 1 amide bonds. The Balaban J connectivity index is 1.60. The van der Waals surface area contributed by atoms with Crippen molar-refractivity contribution in [2.24, 2.45) is 5.10 Å². The first kappa shape index (κ1) is 22.9. The average Bonchev–Trinajstić information content (AvgIpc) is 3.14. The molecule has 1 aromatic heterocycles. The third kappa shape index (κ3) is 5.66. The molecule has 0 saturated carbocycles. The second kappa shape index (κ2) is 10.5. The minimum atomic E-state index is -0.434. The summed E-state index contributed by atoms with van der Waals surface area (Å²) in [6.45, 7) is 1.80. The van der Waals surface area contributed by atoms with Gasteiger partial charge in [0.25, 0.3) is 5.95 Å². The van der Waals surface area contributed by atoms with Crippen molar-refractivity contribution < 1.29 is 18.7 Å². The molecule has 2 aromatic carbocycles. The van der Waals surface area contributed by atoms with Crippen LogP contribution in [0.3, 0.4) is 0 Å². The third-order valence-electron chi connectivity index (χ3n) is 4.23. The number of aromatic nitrogens is 3. The van der Waals surface area contributed by atoms with Gasteiger partial charge in [-0.15, -0.1) is 10.2 Å². The van der Waals surface area contributed by atoms with E-state index in [9.17, 15) is 9.18 Å². The van der Waals surface area contributed by atoms with Gasteiger partial charge in [-0.3, -0.25) is 4.79 Å². The third-order valence-corrected chi connectivity index (χ3v) is 5.17. The molecule has 10 nitrogen and oxygen atoms in total. The Morgan fingerprint density at radius 1 is 1.19 bits per heavy atom. The number of carbonyl (C=O) groups is 1. The molecule has 32 heavy (non-hydrogen) atoms. The van der Waals surface area contributed by atoms with Gasteiger partial charge in [-0.25, -0.2) is 14.5 Å². The van der Waals surface area contributed by atoms with Crippen molar-refractivity contribution >= 4 is 35.0 Å². The van der Waals surface area contributed by atoms with E-state index in [0.29, 0.717) is 28.1 Å². The van der Waals surface area contributed by atoms with Crippen LogP contribution < -0.4 is 26.1 Å². The van der Waals surface area contributed by atoms with Gasteiger partial charge in [0.05, 0.1) is 25.7 Å². The summed E-state index contributed by atoms with van der Waals surface area (Å²) in [7, 11) is 3.12. The van der Waals surface area contributed by atoms with Crippen LogP contribution in [-0.2, 0) is 4.79 Å². The first-order chi connectivity index (χ1) is 15.4. The molecular formula is C20H22FN7O3S. The van der Waals surface area contributed by atoms with E-state index in [4.69, 9.17) is 15.3 Å². The number of hydrogen-bond donors (Lipinski definition) is 3. The molecule has 0 radical (unpaired) electrons. The number of benzene rings is 2.